The summed E-state index contributed by atoms with van der Waals surface area (Å²) in [5, 5.41) is 0. The van der Waals surface area contributed by atoms with Gasteiger partial charge in [-0.2, -0.15) is 0 Å². The Kier molecular flexibility index (Phi) is 4.56. The van der Waals surface area contributed by atoms with Gasteiger partial charge in [0.15, 0.2) is 0 Å². The van der Waals surface area contributed by atoms with Crippen molar-refractivity contribution < 1.29 is 33.4 Å². The van der Waals surface area contributed by atoms with Crippen LogP contribution in [0.1, 0.15) is 0 Å². The predicted octanol–water partition coefficient (Wildman–Crippen LogP) is 0.301. The highest BCUT2D eigenvalue weighted by Gasteiger charge is 2.06. The first-order chi connectivity index (χ1) is 5.71. The van der Waals surface area contributed by atoms with Crippen molar-refractivity contribution in [3.05, 3.63) is 24.2 Å². The molecule has 0 aromatic carbocycles. The zero-order valence-electron chi connectivity index (χ0n) is 6.22. The Morgan fingerprint density at radius 3 is 1.38 bits per heavy atom. The quantitative estimate of drug-likeness (QED) is 0.404. The summed E-state index contributed by atoms with van der Waals surface area (Å²) in [6.07, 6.45) is 1.26. The highest BCUT2D eigenvalue weighted by atomic mass is 31.2. The van der Waals surface area contributed by atoms with Gasteiger partial charge in [0.05, 0.1) is 24.2 Å². The Balaban J connectivity index is 3.95. The summed E-state index contributed by atoms with van der Waals surface area (Å²) in [5.74, 6) is 0.911. The van der Waals surface area contributed by atoms with Crippen molar-refractivity contribution in [2.24, 2.45) is 0 Å². The van der Waals surface area contributed by atoms with Crippen LogP contribution in [-0.2, 0) is 13.9 Å². The molecular formula is C4H8O7P2. The molecule has 0 amide bonds. The first-order valence-corrected chi connectivity index (χ1v) is 6.18. The maximum atomic E-state index is 10.1. The van der Waals surface area contributed by atoms with Crippen molar-refractivity contribution >= 4 is 15.2 Å². The summed E-state index contributed by atoms with van der Waals surface area (Å²) in [6.45, 7) is 0. The van der Waals surface area contributed by atoms with E-state index in [4.69, 9.17) is 19.6 Å². The zero-order valence-corrected chi connectivity index (χ0v) is 8.01. The Labute approximate surface area is 73.7 Å². The predicted molar refractivity (Wildman–Crippen MR) is 43.5 cm³/mol. The van der Waals surface area contributed by atoms with E-state index in [9.17, 15) is 9.13 Å². The van der Waals surface area contributed by atoms with Crippen LogP contribution in [0.5, 0.6) is 0 Å². The summed E-state index contributed by atoms with van der Waals surface area (Å²) in [5.41, 5.74) is 0. The molecule has 0 aliphatic heterocycles. The van der Waals surface area contributed by atoms with Crippen molar-refractivity contribution in [2.45, 2.75) is 0 Å². The maximum absolute atomic E-state index is 10.1. The molecule has 0 aromatic rings. The molecule has 9 heteroatoms. The molecule has 0 aromatic heterocycles. The van der Waals surface area contributed by atoms with Gasteiger partial charge >= 0.3 is 15.2 Å². The van der Waals surface area contributed by atoms with E-state index in [1.165, 1.54) is 0 Å². The maximum Gasteiger partial charge on any atom is 0.352 e. The van der Waals surface area contributed by atoms with Gasteiger partial charge in [0.1, 0.15) is 0 Å². The summed E-state index contributed by atoms with van der Waals surface area (Å²) >= 11 is 0. The molecule has 0 spiro atoms. The van der Waals surface area contributed by atoms with Gasteiger partial charge in [0.2, 0.25) is 0 Å². The molecule has 0 bridgehead atoms. The van der Waals surface area contributed by atoms with Gasteiger partial charge in [0, 0.05) is 0 Å². The lowest BCUT2D eigenvalue weighted by Crippen LogP contribution is -1.72. The van der Waals surface area contributed by atoms with Crippen molar-refractivity contribution in [3.63, 3.8) is 0 Å². The van der Waals surface area contributed by atoms with E-state index in [2.05, 4.69) is 4.74 Å². The molecular weight excluding hydrogens is 222 g/mol. The topological polar surface area (TPSA) is 124 Å². The summed E-state index contributed by atoms with van der Waals surface area (Å²) in [7, 11) is -8.56. The third-order valence-electron chi connectivity index (χ3n) is 0.667. The summed E-state index contributed by atoms with van der Waals surface area (Å²) in [6, 6.07) is 0. The first-order valence-electron chi connectivity index (χ1n) is 2.82. The van der Waals surface area contributed by atoms with Crippen LogP contribution in [0.25, 0.3) is 0 Å². The second-order valence-corrected chi connectivity index (χ2v) is 4.84. The fraction of sp³-hybridized carbons (Fsp3) is 0. The lowest BCUT2D eigenvalue weighted by molar-refractivity contribution is 0.373. The highest BCUT2D eigenvalue weighted by molar-refractivity contribution is 7.55. The van der Waals surface area contributed by atoms with Crippen molar-refractivity contribution in [2.75, 3.05) is 0 Å². The molecule has 0 aliphatic carbocycles. The van der Waals surface area contributed by atoms with Gasteiger partial charge in [-0.3, -0.25) is 9.13 Å². The molecule has 0 saturated carbocycles. The van der Waals surface area contributed by atoms with E-state index < -0.39 is 15.2 Å². The molecule has 0 rings (SSSR count). The van der Waals surface area contributed by atoms with E-state index in [0.29, 0.717) is 24.2 Å². The third kappa shape index (κ3) is 11.6. The van der Waals surface area contributed by atoms with Crippen molar-refractivity contribution in [3.8, 4) is 0 Å². The molecule has 0 saturated heterocycles. The van der Waals surface area contributed by atoms with Crippen LogP contribution >= 0.6 is 15.2 Å². The Morgan fingerprint density at radius 1 is 0.846 bits per heavy atom. The largest absolute Gasteiger partial charge is 0.472 e. The van der Waals surface area contributed by atoms with E-state index in [1.54, 1.807) is 0 Å². The molecule has 0 fully saturated rings. The standard InChI is InChI=1S/C4H8O7P2/c5-12(6,7)3-1-11-2-4-13(8,9)10/h1-4H,(H2,5,6,7)(H2,8,9,10). The molecule has 0 heterocycles. The second-order valence-electron chi connectivity index (χ2n) is 1.88. The normalized spacial score (nSPS) is 14.2. The molecule has 0 unspecified atom stereocenters. The molecule has 4 N–H and O–H groups in total. The minimum Gasteiger partial charge on any atom is -0.472 e. The van der Waals surface area contributed by atoms with Crippen LogP contribution in [0, 0.1) is 0 Å². The molecule has 0 aliphatic rings. The van der Waals surface area contributed by atoms with Crippen LogP contribution in [0.4, 0.5) is 0 Å². The molecule has 0 radical (unpaired) electrons. The molecule has 13 heavy (non-hydrogen) atoms. The molecule has 0 atom stereocenters. The SMILES string of the molecule is O=P(O)(O)C=COC=CP(=O)(O)O. The fourth-order valence-corrected chi connectivity index (χ4v) is 0.732. The fourth-order valence-electron chi connectivity index (χ4n) is 0.274. The van der Waals surface area contributed by atoms with Gasteiger partial charge < -0.3 is 24.3 Å². The van der Waals surface area contributed by atoms with Crippen molar-refractivity contribution in [1.82, 2.24) is 0 Å². The summed E-state index contributed by atoms with van der Waals surface area (Å²) < 4.78 is 24.5. The minimum absolute atomic E-state index is 0.455. The van der Waals surface area contributed by atoms with E-state index in [1.807, 2.05) is 0 Å². The number of ether oxygens (including phenoxy) is 1. The van der Waals surface area contributed by atoms with E-state index >= 15 is 0 Å². The minimum atomic E-state index is -4.28. The second kappa shape index (κ2) is 4.72. The highest BCUT2D eigenvalue weighted by Crippen LogP contribution is 2.37. The average Bonchev–Trinajstić information content (AvgIpc) is 1.81. The van der Waals surface area contributed by atoms with Gasteiger partial charge in [0.25, 0.3) is 0 Å². The van der Waals surface area contributed by atoms with Crippen LogP contribution < -0.4 is 0 Å². The smallest absolute Gasteiger partial charge is 0.352 e. The number of hydrogen-bond acceptors (Lipinski definition) is 3. The van der Waals surface area contributed by atoms with Gasteiger partial charge in [-0.15, -0.1) is 0 Å². The lowest BCUT2D eigenvalue weighted by atomic mass is 11.1. The molecule has 76 valence electrons. The molecule has 7 nitrogen and oxygen atoms in total. The third-order valence-corrected chi connectivity index (χ3v) is 1.69. The van der Waals surface area contributed by atoms with Crippen LogP contribution in [0.2, 0.25) is 0 Å². The average molecular weight is 230 g/mol. The van der Waals surface area contributed by atoms with Gasteiger partial charge in [-0.05, 0) is 0 Å². The van der Waals surface area contributed by atoms with E-state index in [-0.39, 0.29) is 0 Å². The van der Waals surface area contributed by atoms with Crippen molar-refractivity contribution in [1.29, 1.82) is 0 Å². The van der Waals surface area contributed by atoms with Crippen LogP contribution in [-0.4, -0.2) is 19.6 Å². The monoisotopic (exact) mass is 230 g/mol. The number of rotatable bonds is 4. The van der Waals surface area contributed by atoms with Crippen LogP contribution in [0.15, 0.2) is 24.2 Å². The first kappa shape index (κ1) is 12.6. The Bertz CT molecular complexity index is 264. The summed E-state index contributed by atoms with van der Waals surface area (Å²) in [4.78, 5) is 33.0. The van der Waals surface area contributed by atoms with Crippen LogP contribution in [0.3, 0.4) is 0 Å². The lowest BCUT2D eigenvalue weighted by Gasteiger charge is -1.95. The van der Waals surface area contributed by atoms with Gasteiger partial charge in [-0.1, -0.05) is 0 Å². The van der Waals surface area contributed by atoms with E-state index in [0.717, 1.165) is 0 Å². The zero-order chi connectivity index (χ0) is 10.5. The number of hydrogen-bond donors (Lipinski definition) is 4. The van der Waals surface area contributed by atoms with Gasteiger partial charge in [-0.25, -0.2) is 0 Å². The Morgan fingerprint density at radius 2 is 1.15 bits per heavy atom. The Hall–Kier alpha value is -0.420.